The zero-order valence-corrected chi connectivity index (χ0v) is 13.4. The quantitative estimate of drug-likeness (QED) is 0.631. The zero-order valence-electron chi connectivity index (χ0n) is 10.3. The summed E-state index contributed by atoms with van der Waals surface area (Å²) in [4.78, 5) is 0. The molecule has 0 aliphatic rings. The molecule has 0 aromatic heterocycles. The molecule has 112 valence electrons. The highest BCUT2D eigenvalue weighted by molar-refractivity contribution is 9.11. The van der Waals surface area contributed by atoms with Crippen LogP contribution in [-0.4, -0.2) is 5.11 Å². The highest BCUT2D eigenvalue weighted by Gasteiger charge is 2.34. The van der Waals surface area contributed by atoms with Crippen molar-refractivity contribution in [1.82, 2.24) is 0 Å². The van der Waals surface area contributed by atoms with Gasteiger partial charge in [0.05, 0.1) is 5.56 Å². The van der Waals surface area contributed by atoms with Crippen molar-refractivity contribution in [2.75, 3.05) is 0 Å². The molecule has 1 nitrogen and oxygen atoms in total. The van der Waals surface area contributed by atoms with E-state index in [9.17, 15) is 22.7 Å². The molecule has 0 aliphatic heterocycles. The summed E-state index contributed by atoms with van der Waals surface area (Å²) in [5, 5.41) is 10.2. The molecule has 1 atom stereocenters. The fourth-order valence-electron chi connectivity index (χ4n) is 1.84. The van der Waals surface area contributed by atoms with Crippen molar-refractivity contribution in [1.29, 1.82) is 0 Å². The molecule has 7 heteroatoms. The van der Waals surface area contributed by atoms with Gasteiger partial charge in [0, 0.05) is 14.5 Å². The highest BCUT2D eigenvalue weighted by Crippen LogP contribution is 2.35. The normalized spacial score (nSPS) is 13.3. The first kappa shape index (κ1) is 16.5. The summed E-state index contributed by atoms with van der Waals surface area (Å²) in [5.41, 5.74) is -0.894. The lowest BCUT2D eigenvalue weighted by Crippen LogP contribution is -2.09. The molecule has 0 spiro atoms. The van der Waals surface area contributed by atoms with Gasteiger partial charge in [-0.1, -0.05) is 37.9 Å². The first-order chi connectivity index (χ1) is 9.70. The maximum Gasteiger partial charge on any atom is 0.419 e. The van der Waals surface area contributed by atoms with Gasteiger partial charge in [-0.2, -0.15) is 13.2 Å². The second kappa shape index (κ2) is 6.06. The molecule has 1 unspecified atom stereocenters. The molecule has 2 rings (SSSR count). The molecule has 0 radical (unpaired) electrons. The van der Waals surface area contributed by atoms with Crippen LogP contribution in [0.3, 0.4) is 0 Å². The summed E-state index contributed by atoms with van der Waals surface area (Å²) in [6, 6.07) is 7.38. The Kier molecular flexibility index (Phi) is 4.75. The molecule has 0 fully saturated rings. The summed E-state index contributed by atoms with van der Waals surface area (Å²) < 4.78 is 52.3. The van der Waals surface area contributed by atoms with Crippen molar-refractivity contribution >= 4 is 31.9 Å². The molecule has 2 aromatic rings. The minimum absolute atomic E-state index is 0.0410. The minimum atomic E-state index is -4.76. The van der Waals surface area contributed by atoms with Crippen LogP contribution in [0.4, 0.5) is 17.6 Å². The fourth-order valence-corrected chi connectivity index (χ4v) is 2.68. The number of halogens is 6. The van der Waals surface area contributed by atoms with Crippen LogP contribution < -0.4 is 0 Å². The Bertz CT molecular complexity index is 671. The SMILES string of the molecule is OC(c1ccc(C(F)(F)F)c(F)c1)c1cc(Br)ccc1Br. The van der Waals surface area contributed by atoms with Crippen LogP contribution in [0.25, 0.3) is 0 Å². The summed E-state index contributed by atoms with van der Waals surface area (Å²) in [6.45, 7) is 0. The zero-order chi connectivity index (χ0) is 15.8. The largest absolute Gasteiger partial charge is 0.419 e. The molecule has 0 bridgehead atoms. The van der Waals surface area contributed by atoms with Crippen molar-refractivity contribution in [2.45, 2.75) is 12.3 Å². The number of benzene rings is 2. The van der Waals surface area contributed by atoms with E-state index < -0.39 is 23.7 Å². The lowest BCUT2D eigenvalue weighted by Gasteiger charge is -2.15. The second-order valence-electron chi connectivity index (χ2n) is 4.31. The molecular weight excluding hydrogens is 420 g/mol. The smallest absolute Gasteiger partial charge is 0.384 e. The number of aliphatic hydroxyl groups excluding tert-OH is 1. The van der Waals surface area contributed by atoms with Crippen molar-refractivity contribution in [3.05, 3.63) is 67.9 Å². The molecule has 0 amide bonds. The van der Waals surface area contributed by atoms with Crippen LogP contribution in [0.1, 0.15) is 22.8 Å². The van der Waals surface area contributed by atoms with Gasteiger partial charge in [0.25, 0.3) is 0 Å². The maximum absolute atomic E-state index is 13.5. The minimum Gasteiger partial charge on any atom is -0.384 e. The Morgan fingerprint density at radius 1 is 1.00 bits per heavy atom. The fraction of sp³-hybridized carbons (Fsp3) is 0.143. The Hall–Kier alpha value is -0.920. The molecule has 0 saturated carbocycles. The van der Waals surface area contributed by atoms with E-state index in [0.717, 1.165) is 6.07 Å². The van der Waals surface area contributed by atoms with Crippen LogP contribution in [0.15, 0.2) is 45.3 Å². The van der Waals surface area contributed by atoms with Gasteiger partial charge in [0.15, 0.2) is 0 Å². The van der Waals surface area contributed by atoms with Crippen molar-refractivity contribution in [2.24, 2.45) is 0 Å². The molecular formula is C14H8Br2F4O. The van der Waals surface area contributed by atoms with Gasteiger partial charge in [0.2, 0.25) is 0 Å². The van der Waals surface area contributed by atoms with Gasteiger partial charge in [-0.15, -0.1) is 0 Å². The van der Waals surface area contributed by atoms with Crippen molar-refractivity contribution in [3.8, 4) is 0 Å². The lowest BCUT2D eigenvalue weighted by molar-refractivity contribution is -0.140. The summed E-state index contributed by atoms with van der Waals surface area (Å²) in [5.74, 6) is -1.41. The third kappa shape index (κ3) is 3.64. The van der Waals surface area contributed by atoms with Crippen molar-refractivity contribution < 1.29 is 22.7 Å². The topological polar surface area (TPSA) is 20.2 Å². The molecule has 1 N–H and O–H groups in total. The number of hydrogen-bond donors (Lipinski definition) is 1. The number of rotatable bonds is 2. The predicted octanol–water partition coefficient (Wildman–Crippen LogP) is 5.45. The predicted molar refractivity (Wildman–Crippen MR) is 77.3 cm³/mol. The van der Waals surface area contributed by atoms with Gasteiger partial charge in [-0.3, -0.25) is 0 Å². The van der Waals surface area contributed by atoms with E-state index in [0.29, 0.717) is 26.6 Å². The van der Waals surface area contributed by atoms with Gasteiger partial charge in [0.1, 0.15) is 11.9 Å². The van der Waals surface area contributed by atoms with E-state index in [2.05, 4.69) is 31.9 Å². The summed E-state index contributed by atoms with van der Waals surface area (Å²) >= 11 is 6.47. The van der Waals surface area contributed by atoms with E-state index in [-0.39, 0.29) is 5.56 Å². The number of aliphatic hydroxyl groups is 1. The van der Waals surface area contributed by atoms with Gasteiger partial charge < -0.3 is 5.11 Å². The highest BCUT2D eigenvalue weighted by atomic mass is 79.9. The van der Waals surface area contributed by atoms with Crippen LogP contribution >= 0.6 is 31.9 Å². The number of hydrogen-bond acceptors (Lipinski definition) is 1. The van der Waals surface area contributed by atoms with Gasteiger partial charge in [-0.25, -0.2) is 4.39 Å². The summed E-state index contributed by atoms with van der Waals surface area (Å²) in [6.07, 6.45) is -6.00. The van der Waals surface area contributed by atoms with E-state index in [1.807, 2.05) is 0 Å². The van der Waals surface area contributed by atoms with Crippen molar-refractivity contribution in [3.63, 3.8) is 0 Å². The first-order valence-corrected chi connectivity index (χ1v) is 7.28. The van der Waals surface area contributed by atoms with E-state index in [1.165, 1.54) is 0 Å². The average molecular weight is 428 g/mol. The molecule has 21 heavy (non-hydrogen) atoms. The maximum atomic E-state index is 13.5. The van der Waals surface area contributed by atoms with E-state index in [1.54, 1.807) is 18.2 Å². The van der Waals surface area contributed by atoms with Crippen LogP contribution in [0.2, 0.25) is 0 Å². The molecule has 0 heterocycles. The molecule has 0 aliphatic carbocycles. The number of alkyl halides is 3. The van der Waals surface area contributed by atoms with Crippen LogP contribution in [-0.2, 0) is 6.18 Å². The second-order valence-corrected chi connectivity index (χ2v) is 6.08. The Labute approximate surface area is 134 Å². The Balaban J connectivity index is 2.43. The first-order valence-electron chi connectivity index (χ1n) is 5.70. The third-order valence-corrected chi connectivity index (χ3v) is 4.08. The summed E-state index contributed by atoms with van der Waals surface area (Å²) in [7, 11) is 0. The van der Waals surface area contributed by atoms with Gasteiger partial charge in [-0.05, 0) is 35.9 Å². The average Bonchev–Trinajstić information content (AvgIpc) is 2.39. The van der Waals surface area contributed by atoms with Crippen LogP contribution in [0, 0.1) is 5.82 Å². The monoisotopic (exact) mass is 426 g/mol. The van der Waals surface area contributed by atoms with E-state index in [4.69, 9.17) is 0 Å². The van der Waals surface area contributed by atoms with E-state index >= 15 is 0 Å². The Morgan fingerprint density at radius 3 is 2.24 bits per heavy atom. The Morgan fingerprint density at radius 2 is 1.67 bits per heavy atom. The standard InChI is InChI=1S/C14H8Br2F4O/c15-8-2-4-11(16)9(6-8)13(21)7-1-3-10(12(17)5-7)14(18,19)20/h1-6,13,21H. The third-order valence-electron chi connectivity index (χ3n) is 2.87. The van der Waals surface area contributed by atoms with Crippen LogP contribution in [0.5, 0.6) is 0 Å². The van der Waals surface area contributed by atoms with Gasteiger partial charge >= 0.3 is 6.18 Å². The molecule has 0 saturated heterocycles. The lowest BCUT2D eigenvalue weighted by atomic mass is 10.00. The molecule has 2 aromatic carbocycles.